The van der Waals surface area contributed by atoms with Gasteiger partial charge in [-0.25, -0.2) is 4.98 Å². The number of halogens is 1. The zero-order chi connectivity index (χ0) is 13.1. The summed E-state index contributed by atoms with van der Waals surface area (Å²) in [4.78, 5) is 6.91. The fourth-order valence-electron chi connectivity index (χ4n) is 2.68. The van der Waals surface area contributed by atoms with Crippen LogP contribution in [0.4, 0.5) is 5.95 Å². The molecule has 19 heavy (non-hydrogen) atoms. The fourth-order valence-corrected chi connectivity index (χ4v) is 2.94. The molecule has 1 aliphatic heterocycles. The number of nitrogens with zero attached hydrogens (tertiary/aromatic N) is 4. The van der Waals surface area contributed by atoms with E-state index in [4.69, 9.17) is 11.6 Å². The smallest absolute Gasteiger partial charge is 0.246 e. The van der Waals surface area contributed by atoms with E-state index in [1.165, 1.54) is 19.3 Å². The molecule has 1 aliphatic rings. The third-order valence-corrected chi connectivity index (χ3v) is 3.89. The third kappa shape index (κ3) is 2.63. The van der Waals surface area contributed by atoms with E-state index in [1.54, 1.807) is 0 Å². The number of aromatic nitrogens is 3. The van der Waals surface area contributed by atoms with Crippen LogP contribution in [0.1, 0.15) is 25.7 Å². The SMILES string of the molecule is ClCCC1CCCCN1c1nnc2ccccc2n1. The molecule has 0 spiro atoms. The zero-order valence-corrected chi connectivity index (χ0v) is 11.6. The highest BCUT2D eigenvalue weighted by atomic mass is 35.5. The van der Waals surface area contributed by atoms with Crippen molar-refractivity contribution in [2.45, 2.75) is 31.7 Å². The average Bonchev–Trinajstić information content (AvgIpc) is 2.48. The van der Waals surface area contributed by atoms with Crippen molar-refractivity contribution in [3.63, 3.8) is 0 Å². The molecule has 0 amide bonds. The molecule has 3 rings (SSSR count). The minimum Gasteiger partial charge on any atom is -0.336 e. The average molecular weight is 277 g/mol. The number of hydrogen-bond donors (Lipinski definition) is 0. The van der Waals surface area contributed by atoms with E-state index in [0.29, 0.717) is 11.9 Å². The Morgan fingerprint density at radius 1 is 1.16 bits per heavy atom. The monoisotopic (exact) mass is 276 g/mol. The maximum absolute atomic E-state index is 5.90. The van der Waals surface area contributed by atoms with E-state index < -0.39 is 0 Å². The Bertz CT molecular complexity index is 558. The number of piperidine rings is 1. The minimum absolute atomic E-state index is 0.453. The first-order chi connectivity index (χ1) is 9.38. The molecule has 2 heterocycles. The normalized spacial score (nSPS) is 19.8. The van der Waals surface area contributed by atoms with Gasteiger partial charge in [0.05, 0.1) is 5.52 Å². The molecular formula is C14H17ClN4. The Morgan fingerprint density at radius 2 is 2.00 bits per heavy atom. The topological polar surface area (TPSA) is 41.9 Å². The van der Waals surface area contributed by atoms with Crippen LogP contribution in [-0.2, 0) is 0 Å². The summed E-state index contributed by atoms with van der Waals surface area (Å²) in [5.74, 6) is 1.43. The summed E-state index contributed by atoms with van der Waals surface area (Å²) in [6, 6.07) is 8.30. The van der Waals surface area contributed by atoms with E-state index in [2.05, 4.69) is 20.1 Å². The van der Waals surface area contributed by atoms with Gasteiger partial charge in [-0.05, 0) is 37.8 Å². The van der Waals surface area contributed by atoms with Crippen molar-refractivity contribution in [3.05, 3.63) is 24.3 Å². The van der Waals surface area contributed by atoms with Crippen LogP contribution in [0.15, 0.2) is 24.3 Å². The van der Waals surface area contributed by atoms with Crippen molar-refractivity contribution in [2.24, 2.45) is 0 Å². The van der Waals surface area contributed by atoms with Crippen LogP contribution in [0.25, 0.3) is 11.0 Å². The molecule has 100 valence electrons. The van der Waals surface area contributed by atoms with Crippen LogP contribution >= 0.6 is 11.6 Å². The van der Waals surface area contributed by atoms with E-state index in [9.17, 15) is 0 Å². The van der Waals surface area contributed by atoms with E-state index in [-0.39, 0.29) is 0 Å². The standard InChI is InChI=1S/C14H17ClN4/c15-9-8-11-5-3-4-10-19(11)14-16-12-6-1-2-7-13(12)17-18-14/h1-2,6-7,11H,3-5,8-10H2. The first-order valence-corrected chi connectivity index (χ1v) is 7.34. The summed E-state index contributed by atoms with van der Waals surface area (Å²) < 4.78 is 0. The van der Waals surface area contributed by atoms with Gasteiger partial charge in [-0.1, -0.05) is 12.1 Å². The maximum atomic E-state index is 5.90. The second-order valence-corrected chi connectivity index (χ2v) is 5.30. The minimum atomic E-state index is 0.453. The number of fused-ring (bicyclic) bond motifs is 1. The van der Waals surface area contributed by atoms with E-state index in [0.717, 1.165) is 29.9 Å². The van der Waals surface area contributed by atoms with Crippen LogP contribution < -0.4 is 4.90 Å². The Kier molecular flexibility index (Phi) is 3.78. The van der Waals surface area contributed by atoms with Gasteiger partial charge in [0.25, 0.3) is 0 Å². The number of alkyl halides is 1. The van der Waals surface area contributed by atoms with Crippen LogP contribution in [0, 0.1) is 0 Å². The molecule has 2 aromatic rings. The lowest BCUT2D eigenvalue weighted by Crippen LogP contribution is -2.41. The Balaban J connectivity index is 1.92. The van der Waals surface area contributed by atoms with Crippen LogP contribution in [0.3, 0.4) is 0 Å². The Morgan fingerprint density at radius 3 is 2.84 bits per heavy atom. The first-order valence-electron chi connectivity index (χ1n) is 6.80. The second kappa shape index (κ2) is 5.70. The highest BCUT2D eigenvalue weighted by molar-refractivity contribution is 6.17. The van der Waals surface area contributed by atoms with Crippen LogP contribution in [0.2, 0.25) is 0 Å². The summed E-state index contributed by atoms with van der Waals surface area (Å²) in [7, 11) is 0. The summed E-state index contributed by atoms with van der Waals surface area (Å²) in [6.45, 7) is 1.00. The molecule has 1 aromatic carbocycles. The van der Waals surface area contributed by atoms with Crippen molar-refractivity contribution in [3.8, 4) is 0 Å². The Hall–Kier alpha value is -1.42. The largest absolute Gasteiger partial charge is 0.336 e. The van der Waals surface area contributed by atoms with Crippen molar-refractivity contribution < 1.29 is 0 Å². The van der Waals surface area contributed by atoms with Gasteiger partial charge >= 0.3 is 0 Å². The summed E-state index contributed by atoms with van der Waals surface area (Å²) in [6.07, 6.45) is 4.61. The molecule has 0 N–H and O–H groups in total. The van der Waals surface area contributed by atoms with Crippen LogP contribution in [-0.4, -0.2) is 33.6 Å². The molecule has 1 aromatic heterocycles. The van der Waals surface area contributed by atoms with Gasteiger partial charge in [0, 0.05) is 18.5 Å². The van der Waals surface area contributed by atoms with Gasteiger partial charge in [0.1, 0.15) is 5.52 Å². The highest BCUT2D eigenvalue weighted by Crippen LogP contribution is 2.24. The molecule has 0 bridgehead atoms. The highest BCUT2D eigenvalue weighted by Gasteiger charge is 2.24. The fraction of sp³-hybridized carbons (Fsp3) is 0.500. The summed E-state index contributed by atoms with van der Waals surface area (Å²) in [5, 5.41) is 8.55. The van der Waals surface area contributed by atoms with Crippen LogP contribution in [0.5, 0.6) is 0 Å². The first kappa shape index (κ1) is 12.6. The molecule has 1 fully saturated rings. The second-order valence-electron chi connectivity index (χ2n) is 4.92. The van der Waals surface area contributed by atoms with Crippen molar-refractivity contribution in [2.75, 3.05) is 17.3 Å². The zero-order valence-electron chi connectivity index (χ0n) is 10.8. The molecule has 4 nitrogen and oxygen atoms in total. The Labute approximate surface area is 117 Å². The molecule has 0 aliphatic carbocycles. The quantitative estimate of drug-likeness (QED) is 0.808. The molecule has 0 saturated carbocycles. The molecule has 1 unspecified atom stereocenters. The molecule has 1 atom stereocenters. The van der Waals surface area contributed by atoms with E-state index >= 15 is 0 Å². The number of anilines is 1. The third-order valence-electron chi connectivity index (χ3n) is 3.68. The van der Waals surface area contributed by atoms with Crippen molar-refractivity contribution in [1.82, 2.24) is 15.2 Å². The lowest BCUT2D eigenvalue weighted by atomic mass is 10.0. The predicted octanol–water partition coefficient (Wildman–Crippen LogP) is 3.01. The van der Waals surface area contributed by atoms with Gasteiger partial charge in [0.15, 0.2) is 0 Å². The van der Waals surface area contributed by atoms with Gasteiger partial charge in [-0.2, -0.15) is 0 Å². The summed E-state index contributed by atoms with van der Waals surface area (Å²) >= 11 is 5.90. The predicted molar refractivity (Wildman–Crippen MR) is 77.7 cm³/mol. The number of benzene rings is 1. The number of rotatable bonds is 3. The van der Waals surface area contributed by atoms with Crippen molar-refractivity contribution in [1.29, 1.82) is 0 Å². The molecule has 5 heteroatoms. The van der Waals surface area contributed by atoms with Gasteiger partial charge < -0.3 is 4.90 Å². The summed E-state index contributed by atoms with van der Waals surface area (Å²) in [5.41, 5.74) is 1.75. The van der Waals surface area contributed by atoms with Gasteiger partial charge in [-0.3, -0.25) is 0 Å². The lowest BCUT2D eigenvalue weighted by molar-refractivity contribution is 0.443. The maximum Gasteiger partial charge on any atom is 0.246 e. The van der Waals surface area contributed by atoms with Crippen molar-refractivity contribution >= 4 is 28.6 Å². The van der Waals surface area contributed by atoms with Gasteiger partial charge in [-0.15, -0.1) is 21.8 Å². The van der Waals surface area contributed by atoms with E-state index in [1.807, 2.05) is 24.3 Å². The lowest BCUT2D eigenvalue weighted by Gasteiger charge is -2.35. The number of hydrogen-bond acceptors (Lipinski definition) is 4. The molecule has 1 saturated heterocycles. The molecule has 0 radical (unpaired) electrons. The number of para-hydroxylation sites is 1. The molecular weight excluding hydrogens is 260 g/mol. The van der Waals surface area contributed by atoms with Gasteiger partial charge in [0.2, 0.25) is 5.95 Å².